The predicted octanol–water partition coefficient (Wildman–Crippen LogP) is 6.60. The lowest BCUT2D eigenvalue weighted by Gasteiger charge is -2.37. The molecule has 0 heterocycles. The fourth-order valence-corrected chi connectivity index (χ4v) is 4.97. The van der Waals surface area contributed by atoms with Gasteiger partial charge in [-0.2, -0.15) is 0 Å². The molecule has 0 amide bonds. The first-order valence-electron chi connectivity index (χ1n) is 9.46. The third kappa shape index (κ3) is 3.69. The smallest absolute Gasteiger partial charge is 0.167 e. The van der Waals surface area contributed by atoms with E-state index in [9.17, 15) is 9.18 Å². The van der Waals surface area contributed by atoms with E-state index in [1.807, 2.05) is 0 Å². The van der Waals surface area contributed by atoms with Gasteiger partial charge in [0.05, 0.1) is 5.02 Å². The molecule has 132 valence electrons. The Kier molecular flexibility index (Phi) is 5.64. The number of halogens is 2. The number of ketones is 1. The van der Waals surface area contributed by atoms with Crippen molar-refractivity contribution in [2.45, 2.75) is 65.2 Å². The number of Topliss-reactive ketones (excluding diaryl/α,β-unsaturated/α-hetero) is 1. The summed E-state index contributed by atoms with van der Waals surface area (Å²) >= 11 is 6.08. The molecule has 0 bridgehead atoms. The lowest BCUT2D eigenvalue weighted by molar-refractivity contribution is 0.0832. The number of hydrogen-bond donors (Lipinski definition) is 0. The Balaban J connectivity index is 1.60. The van der Waals surface area contributed by atoms with Crippen LogP contribution in [0.25, 0.3) is 0 Å². The van der Waals surface area contributed by atoms with Crippen molar-refractivity contribution in [3.05, 3.63) is 34.1 Å². The Hall–Kier alpha value is -0.890. The molecule has 2 aliphatic carbocycles. The lowest BCUT2D eigenvalue weighted by atomic mass is 9.68. The minimum absolute atomic E-state index is 0.00314. The van der Waals surface area contributed by atoms with Crippen LogP contribution in [-0.4, -0.2) is 5.78 Å². The van der Waals surface area contributed by atoms with Gasteiger partial charge in [-0.3, -0.25) is 4.79 Å². The van der Waals surface area contributed by atoms with Gasteiger partial charge in [0.25, 0.3) is 0 Å². The van der Waals surface area contributed by atoms with E-state index in [1.165, 1.54) is 25.7 Å². The van der Waals surface area contributed by atoms with E-state index >= 15 is 0 Å². The van der Waals surface area contributed by atoms with Crippen LogP contribution in [0.3, 0.4) is 0 Å². The second kappa shape index (κ2) is 7.56. The Morgan fingerprint density at radius 1 is 1.00 bits per heavy atom. The molecule has 2 saturated carbocycles. The van der Waals surface area contributed by atoms with Gasteiger partial charge in [0.1, 0.15) is 5.82 Å². The molecule has 0 aliphatic heterocycles. The van der Waals surface area contributed by atoms with Crippen molar-refractivity contribution in [2.75, 3.05) is 0 Å². The van der Waals surface area contributed by atoms with Crippen LogP contribution in [0.15, 0.2) is 12.1 Å². The van der Waals surface area contributed by atoms with Gasteiger partial charge in [-0.1, -0.05) is 37.4 Å². The normalized spacial score (nSPS) is 31.0. The maximum atomic E-state index is 14.0. The second-order valence-corrected chi connectivity index (χ2v) is 8.43. The van der Waals surface area contributed by atoms with Crippen LogP contribution in [0.1, 0.15) is 74.2 Å². The summed E-state index contributed by atoms with van der Waals surface area (Å²) in [7, 11) is 0. The zero-order valence-corrected chi connectivity index (χ0v) is 15.5. The Morgan fingerprint density at radius 2 is 1.54 bits per heavy atom. The molecule has 3 rings (SSSR count). The Morgan fingerprint density at radius 3 is 2.12 bits per heavy atom. The number of rotatable bonds is 3. The lowest BCUT2D eigenvalue weighted by Crippen LogP contribution is -2.28. The maximum absolute atomic E-state index is 14.0. The van der Waals surface area contributed by atoms with Gasteiger partial charge < -0.3 is 0 Å². The highest BCUT2D eigenvalue weighted by Gasteiger charge is 2.33. The largest absolute Gasteiger partial charge is 0.294 e. The summed E-state index contributed by atoms with van der Waals surface area (Å²) in [4.78, 5) is 12.8. The van der Waals surface area contributed by atoms with Gasteiger partial charge in [0.15, 0.2) is 5.78 Å². The third-order valence-electron chi connectivity index (χ3n) is 6.41. The van der Waals surface area contributed by atoms with Crippen LogP contribution in [0.2, 0.25) is 5.02 Å². The summed E-state index contributed by atoms with van der Waals surface area (Å²) in [5, 5.41) is 0.00314. The number of aryl methyl sites for hydroxylation is 1. The summed E-state index contributed by atoms with van der Waals surface area (Å²) in [5.41, 5.74) is 0.862. The van der Waals surface area contributed by atoms with Crippen molar-refractivity contribution in [1.29, 1.82) is 0 Å². The van der Waals surface area contributed by atoms with Gasteiger partial charge in [-0.25, -0.2) is 4.39 Å². The van der Waals surface area contributed by atoms with E-state index < -0.39 is 5.82 Å². The Bertz CT molecular complexity index is 596. The average molecular weight is 351 g/mol. The number of hydrogen-bond acceptors (Lipinski definition) is 1. The first-order chi connectivity index (χ1) is 11.5. The van der Waals surface area contributed by atoms with Gasteiger partial charge >= 0.3 is 0 Å². The topological polar surface area (TPSA) is 17.1 Å². The van der Waals surface area contributed by atoms with Crippen molar-refractivity contribution < 1.29 is 9.18 Å². The Labute approximate surface area is 150 Å². The first kappa shape index (κ1) is 17.9. The van der Waals surface area contributed by atoms with E-state index in [4.69, 9.17) is 11.6 Å². The van der Waals surface area contributed by atoms with Crippen LogP contribution in [-0.2, 0) is 0 Å². The minimum Gasteiger partial charge on any atom is -0.294 e. The monoisotopic (exact) mass is 350 g/mol. The number of carbonyl (C=O) groups excluding carboxylic acids is 1. The zero-order valence-electron chi connectivity index (χ0n) is 14.8. The summed E-state index contributed by atoms with van der Waals surface area (Å²) < 4.78 is 14.0. The molecule has 0 atom stereocenters. The average Bonchev–Trinajstić information content (AvgIpc) is 2.60. The van der Waals surface area contributed by atoms with Crippen molar-refractivity contribution in [1.82, 2.24) is 0 Å². The third-order valence-corrected chi connectivity index (χ3v) is 6.78. The molecule has 1 aromatic carbocycles. The maximum Gasteiger partial charge on any atom is 0.167 e. The summed E-state index contributed by atoms with van der Waals surface area (Å²) in [6.45, 7) is 4.03. The molecule has 0 N–H and O–H groups in total. The second-order valence-electron chi connectivity index (χ2n) is 8.05. The van der Waals surface area contributed by atoms with Crippen molar-refractivity contribution in [3.8, 4) is 0 Å². The number of benzene rings is 1. The molecule has 2 aliphatic rings. The van der Waals surface area contributed by atoms with E-state index in [1.54, 1.807) is 19.1 Å². The van der Waals surface area contributed by atoms with Crippen LogP contribution >= 0.6 is 11.6 Å². The predicted molar refractivity (Wildman–Crippen MR) is 97.0 cm³/mol. The van der Waals surface area contributed by atoms with Gasteiger partial charge in [0.2, 0.25) is 0 Å². The molecule has 1 aromatic rings. The fraction of sp³-hybridized carbons (Fsp3) is 0.667. The van der Waals surface area contributed by atoms with Crippen molar-refractivity contribution in [3.63, 3.8) is 0 Å². The molecular weight excluding hydrogens is 323 g/mol. The van der Waals surface area contributed by atoms with Crippen molar-refractivity contribution in [2.24, 2.45) is 23.7 Å². The zero-order chi connectivity index (χ0) is 17.3. The molecular formula is C21H28ClFO. The van der Waals surface area contributed by atoms with E-state index in [2.05, 4.69) is 6.92 Å². The quantitative estimate of drug-likeness (QED) is 0.561. The summed E-state index contributed by atoms with van der Waals surface area (Å²) in [5.74, 6) is 2.13. The van der Waals surface area contributed by atoms with E-state index in [0.717, 1.165) is 43.4 Å². The molecule has 0 aromatic heterocycles. The standard InChI is InChI=1S/C21H28ClFO/c1-13-3-6-15(7-4-13)16-8-10-17(11-9-16)21(24)18-12-5-14(2)20(23)19(18)22/h5,12-13,15-17H,3-4,6-11H2,1-2H3. The molecule has 0 spiro atoms. The SMILES string of the molecule is Cc1ccc(C(=O)C2CCC(C3CCC(C)CC3)CC2)c(Cl)c1F. The molecule has 24 heavy (non-hydrogen) atoms. The van der Waals surface area contributed by atoms with Gasteiger partial charge in [-0.15, -0.1) is 0 Å². The van der Waals surface area contributed by atoms with Crippen LogP contribution < -0.4 is 0 Å². The first-order valence-corrected chi connectivity index (χ1v) is 9.84. The highest BCUT2D eigenvalue weighted by molar-refractivity contribution is 6.34. The van der Waals surface area contributed by atoms with Crippen LogP contribution in [0, 0.1) is 36.4 Å². The minimum atomic E-state index is -0.451. The van der Waals surface area contributed by atoms with Gasteiger partial charge in [0, 0.05) is 11.5 Å². The molecule has 1 nitrogen and oxygen atoms in total. The van der Waals surface area contributed by atoms with Gasteiger partial charge in [-0.05, 0) is 74.8 Å². The summed E-state index contributed by atoms with van der Waals surface area (Å²) in [6, 6.07) is 3.35. The fourth-order valence-electron chi connectivity index (χ4n) is 4.67. The highest BCUT2D eigenvalue weighted by atomic mass is 35.5. The molecule has 2 fully saturated rings. The van der Waals surface area contributed by atoms with E-state index in [0.29, 0.717) is 11.1 Å². The molecule has 0 radical (unpaired) electrons. The highest BCUT2D eigenvalue weighted by Crippen LogP contribution is 2.42. The van der Waals surface area contributed by atoms with Crippen LogP contribution in [0.4, 0.5) is 4.39 Å². The summed E-state index contributed by atoms with van der Waals surface area (Å²) in [6.07, 6.45) is 9.59. The van der Waals surface area contributed by atoms with Crippen LogP contribution in [0.5, 0.6) is 0 Å². The van der Waals surface area contributed by atoms with Crippen molar-refractivity contribution >= 4 is 17.4 Å². The molecule has 0 saturated heterocycles. The number of carbonyl (C=O) groups is 1. The van der Waals surface area contributed by atoms with E-state index in [-0.39, 0.29) is 16.7 Å². The molecule has 3 heteroatoms. The molecule has 0 unspecified atom stereocenters.